The highest BCUT2D eigenvalue weighted by molar-refractivity contribution is 5.28. The van der Waals surface area contributed by atoms with Gasteiger partial charge in [0.25, 0.3) is 0 Å². The van der Waals surface area contributed by atoms with Gasteiger partial charge in [-0.3, -0.25) is 0 Å². The van der Waals surface area contributed by atoms with Crippen LogP contribution in [0.4, 0.5) is 0 Å². The van der Waals surface area contributed by atoms with E-state index in [1.165, 1.54) is 59.2 Å². The van der Waals surface area contributed by atoms with Gasteiger partial charge in [-0.15, -0.1) is 0 Å². The number of hydrogen-bond acceptors (Lipinski definition) is 0. The third kappa shape index (κ3) is 0.412. The molecule has 0 radical (unpaired) electrons. The molecule has 6 aliphatic rings. The van der Waals surface area contributed by atoms with Crippen LogP contribution in [0.3, 0.4) is 0 Å². The Morgan fingerprint density at radius 3 is 1.00 bits per heavy atom. The van der Waals surface area contributed by atoms with Crippen LogP contribution in [0.1, 0.15) is 19.3 Å². The molecule has 6 rings (SSSR count). The molecule has 4 unspecified atom stereocenters. The minimum Gasteiger partial charge on any atom is -0.0465 e. The Balaban J connectivity index is 1.64. The zero-order valence-corrected chi connectivity index (χ0v) is 7.89. The van der Waals surface area contributed by atoms with Gasteiger partial charge in [0, 0.05) is 0 Å². The molecule has 0 heteroatoms. The first-order chi connectivity index (χ1) is 6.45. The fourth-order valence-corrected chi connectivity index (χ4v) is 6.80. The van der Waals surface area contributed by atoms with Gasteiger partial charge in [0.15, 0.2) is 0 Å². The Morgan fingerprint density at radius 2 is 0.692 bits per heavy atom. The number of hydrogen-bond donors (Lipinski definition) is 0. The van der Waals surface area contributed by atoms with Crippen LogP contribution in [0, 0.1) is 59.2 Å². The molecule has 0 aromatic carbocycles. The van der Waals surface area contributed by atoms with Crippen molar-refractivity contribution in [1.29, 1.82) is 0 Å². The highest BCUT2D eigenvalue weighted by atomic mass is 14.9. The lowest BCUT2D eigenvalue weighted by Gasteiger charge is -2.25. The maximum atomic E-state index is 1.67. The van der Waals surface area contributed by atoms with Crippen LogP contribution in [0.15, 0.2) is 0 Å². The Bertz CT molecular complexity index is 257. The van der Waals surface area contributed by atoms with Crippen molar-refractivity contribution < 1.29 is 0 Å². The quantitative estimate of drug-likeness (QED) is 0.526. The Morgan fingerprint density at radius 1 is 0.385 bits per heavy atom. The van der Waals surface area contributed by atoms with E-state index in [9.17, 15) is 0 Å². The molecular weight excluding hydrogens is 156 g/mol. The van der Waals surface area contributed by atoms with Crippen LogP contribution in [-0.4, -0.2) is 0 Å². The van der Waals surface area contributed by atoms with Crippen LogP contribution in [0.25, 0.3) is 0 Å². The van der Waals surface area contributed by atoms with Crippen LogP contribution < -0.4 is 0 Å². The van der Waals surface area contributed by atoms with Crippen molar-refractivity contribution >= 4 is 0 Å². The molecule has 0 spiro atoms. The predicted octanol–water partition coefficient (Wildman–Crippen LogP) is 2.40. The Labute approximate surface area is 79.1 Å². The normalized spacial score (nSPS) is 88.6. The van der Waals surface area contributed by atoms with Gasteiger partial charge in [0.1, 0.15) is 0 Å². The molecule has 0 aromatic heterocycles. The van der Waals surface area contributed by atoms with E-state index < -0.39 is 0 Å². The molecule has 6 saturated carbocycles. The lowest BCUT2D eigenvalue weighted by molar-refractivity contribution is 0.222. The molecule has 0 nitrogen and oxygen atoms in total. The molecule has 6 aliphatic carbocycles. The molecule has 0 amide bonds. The highest BCUT2D eigenvalue weighted by Gasteiger charge is 2.81. The first-order valence-electron chi connectivity index (χ1n) is 6.45. The Hall–Kier alpha value is 0. The summed E-state index contributed by atoms with van der Waals surface area (Å²) in [7, 11) is 0. The summed E-state index contributed by atoms with van der Waals surface area (Å²) in [6.45, 7) is 0. The standard InChI is InChI=1S/C13H16/c1-4-5(1)11-7-3-9(7)12-8-2-6(8)10(4)13(11)12/h4-13H,1-3H2/t4-,5-,6-,7+,8+,9-,10?,11?,12?,13?/m1/s1. The molecule has 0 aliphatic heterocycles. The average Bonchev–Trinajstić information content (AvgIpc) is 3.06. The average molecular weight is 172 g/mol. The molecular formula is C13H16. The van der Waals surface area contributed by atoms with E-state index in [1.807, 2.05) is 0 Å². The van der Waals surface area contributed by atoms with Crippen molar-refractivity contribution in [3.63, 3.8) is 0 Å². The minimum absolute atomic E-state index is 1.27. The summed E-state index contributed by atoms with van der Waals surface area (Å²) in [5, 5.41) is 0. The maximum absolute atomic E-state index is 1.67. The molecule has 13 heavy (non-hydrogen) atoms. The summed E-state index contributed by atoms with van der Waals surface area (Å²) in [5.74, 6) is 12.8. The minimum atomic E-state index is 1.27. The van der Waals surface area contributed by atoms with Crippen LogP contribution in [0.2, 0.25) is 0 Å². The van der Waals surface area contributed by atoms with Gasteiger partial charge in [-0.1, -0.05) is 0 Å². The number of rotatable bonds is 0. The van der Waals surface area contributed by atoms with E-state index in [-0.39, 0.29) is 0 Å². The van der Waals surface area contributed by atoms with Crippen LogP contribution in [0.5, 0.6) is 0 Å². The summed E-state index contributed by atoms with van der Waals surface area (Å²) in [5.41, 5.74) is 0. The Kier molecular flexibility index (Phi) is 0.593. The van der Waals surface area contributed by atoms with Gasteiger partial charge in [-0.25, -0.2) is 0 Å². The van der Waals surface area contributed by atoms with E-state index >= 15 is 0 Å². The summed E-state index contributed by atoms with van der Waals surface area (Å²) in [4.78, 5) is 0. The summed E-state index contributed by atoms with van der Waals surface area (Å²) in [6, 6.07) is 0. The van der Waals surface area contributed by atoms with Gasteiger partial charge >= 0.3 is 0 Å². The first kappa shape index (κ1) is 5.78. The van der Waals surface area contributed by atoms with Gasteiger partial charge < -0.3 is 0 Å². The molecule has 0 N–H and O–H groups in total. The fourth-order valence-electron chi connectivity index (χ4n) is 6.80. The molecule has 0 saturated heterocycles. The zero-order valence-electron chi connectivity index (χ0n) is 7.89. The van der Waals surface area contributed by atoms with Crippen LogP contribution in [-0.2, 0) is 0 Å². The molecule has 10 atom stereocenters. The van der Waals surface area contributed by atoms with Gasteiger partial charge in [0.05, 0.1) is 0 Å². The van der Waals surface area contributed by atoms with Crippen molar-refractivity contribution in [3.05, 3.63) is 0 Å². The molecule has 0 aromatic rings. The van der Waals surface area contributed by atoms with E-state index in [2.05, 4.69) is 0 Å². The first-order valence-corrected chi connectivity index (χ1v) is 6.45. The summed E-state index contributed by atoms with van der Waals surface area (Å²) < 4.78 is 0. The molecule has 0 heterocycles. The van der Waals surface area contributed by atoms with Crippen molar-refractivity contribution in [2.75, 3.05) is 0 Å². The van der Waals surface area contributed by atoms with Gasteiger partial charge in [-0.2, -0.15) is 0 Å². The zero-order chi connectivity index (χ0) is 7.89. The van der Waals surface area contributed by atoms with Crippen molar-refractivity contribution in [3.8, 4) is 0 Å². The molecule has 68 valence electrons. The molecule has 0 bridgehead atoms. The van der Waals surface area contributed by atoms with Crippen molar-refractivity contribution in [2.24, 2.45) is 59.2 Å². The van der Waals surface area contributed by atoms with E-state index in [0.717, 1.165) is 0 Å². The SMILES string of the molecule is C1[C@@H]2C3C4C([C@H]5C[C@H]5C4[C@@H]4C[C@@H]34)[C@H]12. The van der Waals surface area contributed by atoms with E-state index in [0.29, 0.717) is 0 Å². The summed E-state index contributed by atoms with van der Waals surface area (Å²) >= 11 is 0. The monoisotopic (exact) mass is 172 g/mol. The summed E-state index contributed by atoms with van der Waals surface area (Å²) in [6.07, 6.45) is 5.01. The van der Waals surface area contributed by atoms with E-state index in [4.69, 9.17) is 0 Å². The second kappa shape index (κ2) is 1.33. The van der Waals surface area contributed by atoms with Gasteiger partial charge in [0.2, 0.25) is 0 Å². The topological polar surface area (TPSA) is 0 Å². The largest absolute Gasteiger partial charge is 0.0465 e. The maximum Gasteiger partial charge on any atom is -0.0313 e. The van der Waals surface area contributed by atoms with E-state index in [1.54, 1.807) is 19.3 Å². The second-order valence-corrected chi connectivity index (χ2v) is 7.00. The third-order valence-electron chi connectivity index (χ3n) is 6.97. The second-order valence-electron chi connectivity index (χ2n) is 7.00. The fraction of sp³-hybridized carbons (Fsp3) is 1.00. The predicted molar refractivity (Wildman–Crippen MR) is 48.8 cm³/mol. The molecule has 6 fully saturated rings. The smallest absolute Gasteiger partial charge is 0.0313 e. The van der Waals surface area contributed by atoms with Gasteiger partial charge in [-0.05, 0) is 78.4 Å². The number of fused-ring (bicyclic) bond motifs is 9. The lowest BCUT2D eigenvalue weighted by Crippen LogP contribution is -2.21. The van der Waals surface area contributed by atoms with Crippen LogP contribution >= 0.6 is 0 Å². The third-order valence-corrected chi connectivity index (χ3v) is 6.97. The van der Waals surface area contributed by atoms with Crippen molar-refractivity contribution in [2.45, 2.75) is 19.3 Å². The van der Waals surface area contributed by atoms with Crippen molar-refractivity contribution in [1.82, 2.24) is 0 Å². The lowest BCUT2D eigenvalue weighted by atomic mass is 9.80. The highest BCUT2D eigenvalue weighted by Crippen LogP contribution is 2.86.